The lowest BCUT2D eigenvalue weighted by Gasteiger charge is -2.27. The number of carbonyl (C=O) groups is 2. The minimum Gasteiger partial charge on any atom is -0.378 e. The van der Waals surface area contributed by atoms with Crippen molar-refractivity contribution in [3.05, 3.63) is 89.2 Å². The second-order valence-electron chi connectivity index (χ2n) is 9.97. The number of nitrogens with one attached hydrogen (secondary N) is 2. The lowest BCUT2D eigenvalue weighted by Crippen LogP contribution is -2.43. The Morgan fingerprint density at radius 2 is 1.90 bits per heavy atom. The average molecular weight is 576 g/mol. The number of halogens is 1. The summed E-state index contributed by atoms with van der Waals surface area (Å²) >= 11 is 1.40. The summed E-state index contributed by atoms with van der Waals surface area (Å²) in [7, 11) is 0. The lowest BCUT2D eigenvalue weighted by atomic mass is 10.1. The molecule has 2 aliphatic rings. The van der Waals surface area contributed by atoms with Crippen molar-refractivity contribution in [3.63, 3.8) is 0 Å². The van der Waals surface area contributed by atoms with Gasteiger partial charge in [-0.3, -0.25) is 10.1 Å². The van der Waals surface area contributed by atoms with Gasteiger partial charge in [0.25, 0.3) is 5.91 Å². The second-order valence-corrected chi connectivity index (χ2v) is 10.8. The van der Waals surface area contributed by atoms with E-state index in [1.807, 2.05) is 29.6 Å². The zero-order valence-electron chi connectivity index (χ0n) is 22.3. The molecule has 0 bridgehead atoms. The Hall–Kier alpha value is -4.29. The van der Waals surface area contributed by atoms with Crippen LogP contribution in [0.4, 0.5) is 25.7 Å². The predicted molar refractivity (Wildman–Crippen MR) is 155 cm³/mol. The van der Waals surface area contributed by atoms with Crippen LogP contribution >= 0.6 is 11.3 Å². The van der Waals surface area contributed by atoms with Crippen LogP contribution in [0.1, 0.15) is 40.6 Å². The van der Waals surface area contributed by atoms with Crippen LogP contribution in [0.15, 0.2) is 66.3 Å². The SMILES string of the molecule is O=C(Nc1nc(C2CCCN2c2ccc(NC(=O)N3CCOCC3)cc2)cs1)c1cccn1Cc1ccnc(F)c1. The molecule has 1 atom stereocenters. The molecule has 41 heavy (non-hydrogen) atoms. The first-order chi connectivity index (χ1) is 20.0. The van der Waals surface area contributed by atoms with Gasteiger partial charge in [0, 0.05) is 55.3 Å². The van der Waals surface area contributed by atoms with Crippen LogP contribution < -0.4 is 15.5 Å². The molecule has 10 nitrogen and oxygen atoms in total. The highest BCUT2D eigenvalue weighted by Gasteiger charge is 2.29. The smallest absolute Gasteiger partial charge is 0.321 e. The summed E-state index contributed by atoms with van der Waals surface area (Å²) in [4.78, 5) is 38.0. The maximum atomic E-state index is 13.5. The van der Waals surface area contributed by atoms with Crippen molar-refractivity contribution >= 4 is 39.8 Å². The number of carbonyl (C=O) groups excluding carboxylic acids is 2. The Bertz CT molecular complexity index is 1520. The van der Waals surface area contributed by atoms with Gasteiger partial charge in [-0.1, -0.05) is 0 Å². The number of rotatable bonds is 7. The lowest BCUT2D eigenvalue weighted by molar-refractivity contribution is 0.0564. The number of ether oxygens (including phenoxy) is 1. The molecule has 0 aliphatic carbocycles. The molecule has 3 aromatic heterocycles. The molecule has 5 heterocycles. The third-order valence-electron chi connectivity index (χ3n) is 7.29. The van der Waals surface area contributed by atoms with E-state index in [1.54, 1.807) is 33.9 Å². The summed E-state index contributed by atoms with van der Waals surface area (Å²) in [5.74, 6) is -0.827. The van der Waals surface area contributed by atoms with Gasteiger partial charge in [0.1, 0.15) is 5.69 Å². The van der Waals surface area contributed by atoms with Crippen molar-refractivity contribution in [2.45, 2.75) is 25.4 Å². The summed E-state index contributed by atoms with van der Waals surface area (Å²) in [6.45, 7) is 3.56. The van der Waals surface area contributed by atoms with Gasteiger partial charge in [-0.15, -0.1) is 11.3 Å². The molecule has 3 amide bonds. The van der Waals surface area contributed by atoms with Crippen molar-refractivity contribution in [1.29, 1.82) is 0 Å². The Morgan fingerprint density at radius 1 is 1.07 bits per heavy atom. The van der Waals surface area contributed by atoms with Crippen molar-refractivity contribution in [2.24, 2.45) is 0 Å². The molecule has 12 heteroatoms. The Labute approximate surface area is 240 Å². The number of aromatic nitrogens is 3. The molecule has 6 rings (SSSR count). The third-order valence-corrected chi connectivity index (χ3v) is 8.07. The first-order valence-corrected chi connectivity index (χ1v) is 14.4. The molecular weight excluding hydrogens is 545 g/mol. The molecule has 0 saturated carbocycles. The normalized spacial score (nSPS) is 17.0. The van der Waals surface area contributed by atoms with Gasteiger partial charge in [-0.05, 0) is 66.9 Å². The van der Waals surface area contributed by atoms with Gasteiger partial charge in [0.15, 0.2) is 5.13 Å². The Balaban J connectivity index is 1.09. The van der Waals surface area contributed by atoms with E-state index >= 15 is 0 Å². The standard InChI is InChI=1S/C29H30FN7O3S/c30-26-17-20(9-10-31-26)18-36-11-1-4-25(36)27(38)34-28-33-23(19-41-28)24-3-2-12-37(24)22-7-5-21(6-8-22)32-29(39)35-13-15-40-16-14-35/h1,4-11,17,19,24H,2-3,12-16,18H2,(H,32,39)(H,33,34,38). The number of pyridine rings is 1. The van der Waals surface area contributed by atoms with E-state index in [0.717, 1.165) is 36.5 Å². The fraction of sp³-hybridized carbons (Fsp3) is 0.310. The number of anilines is 3. The van der Waals surface area contributed by atoms with Gasteiger partial charge < -0.3 is 24.4 Å². The van der Waals surface area contributed by atoms with E-state index in [9.17, 15) is 14.0 Å². The van der Waals surface area contributed by atoms with Crippen molar-refractivity contribution in [1.82, 2.24) is 19.4 Å². The molecule has 212 valence electrons. The summed E-state index contributed by atoms with van der Waals surface area (Å²) in [6.07, 6.45) is 5.19. The average Bonchev–Trinajstić information content (AvgIpc) is 3.75. The van der Waals surface area contributed by atoms with Crippen molar-refractivity contribution < 1.29 is 18.7 Å². The zero-order valence-corrected chi connectivity index (χ0v) is 23.1. The zero-order chi connectivity index (χ0) is 28.2. The molecule has 1 aromatic carbocycles. The number of thiazole rings is 1. The number of urea groups is 1. The van der Waals surface area contributed by atoms with Crippen LogP contribution in [0.2, 0.25) is 0 Å². The van der Waals surface area contributed by atoms with Gasteiger partial charge in [-0.25, -0.2) is 14.8 Å². The Morgan fingerprint density at radius 3 is 2.71 bits per heavy atom. The minimum atomic E-state index is -0.552. The molecule has 2 fully saturated rings. The van der Waals surface area contributed by atoms with Gasteiger partial charge >= 0.3 is 6.03 Å². The summed E-state index contributed by atoms with van der Waals surface area (Å²) < 4.78 is 20.6. The van der Waals surface area contributed by atoms with Gasteiger partial charge in [0.05, 0.1) is 24.9 Å². The highest BCUT2D eigenvalue weighted by Crippen LogP contribution is 2.37. The third kappa shape index (κ3) is 6.23. The van der Waals surface area contributed by atoms with E-state index in [0.29, 0.717) is 49.2 Å². The van der Waals surface area contributed by atoms with Gasteiger partial charge in [-0.2, -0.15) is 4.39 Å². The summed E-state index contributed by atoms with van der Waals surface area (Å²) in [5.41, 5.74) is 3.89. The topological polar surface area (TPSA) is 105 Å². The first kappa shape index (κ1) is 26.9. The summed E-state index contributed by atoms with van der Waals surface area (Å²) in [5, 5.41) is 8.41. The maximum absolute atomic E-state index is 13.5. The number of hydrogen-bond donors (Lipinski definition) is 2. The Kier molecular flexibility index (Phi) is 7.92. The number of hydrogen-bond acceptors (Lipinski definition) is 7. The fourth-order valence-electron chi connectivity index (χ4n) is 5.24. The van der Waals surface area contributed by atoms with E-state index in [1.165, 1.54) is 23.6 Å². The second kappa shape index (κ2) is 12.1. The molecule has 4 aromatic rings. The molecule has 1 unspecified atom stereocenters. The van der Waals surface area contributed by atoms with Crippen LogP contribution in [-0.2, 0) is 11.3 Å². The van der Waals surface area contributed by atoms with Crippen molar-refractivity contribution in [2.75, 3.05) is 48.4 Å². The number of morpholine rings is 1. The minimum absolute atomic E-state index is 0.0936. The largest absolute Gasteiger partial charge is 0.378 e. The number of nitrogens with zero attached hydrogens (tertiary/aromatic N) is 5. The van der Waals surface area contributed by atoms with E-state index in [-0.39, 0.29) is 18.0 Å². The van der Waals surface area contributed by atoms with Crippen LogP contribution in [0.5, 0.6) is 0 Å². The monoisotopic (exact) mass is 575 g/mol. The van der Waals surface area contributed by atoms with E-state index in [4.69, 9.17) is 9.72 Å². The van der Waals surface area contributed by atoms with Crippen LogP contribution in [-0.4, -0.2) is 64.2 Å². The summed E-state index contributed by atoms with van der Waals surface area (Å²) in [6, 6.07) is 14.5. The highest BCUT2D eigenvalue weighted by atomic mass is 32.1. The molecule has 0 radical (unpaired) electrons. The van der Waals surface area contributed by atoms with Gasteiger partial charge in [0.2, 0.25) is 5.95 Å². The molecule has 2 N–H and O–H groups in total. The van der Waals surface area contributed by atoms with E-state index < -0.39 is 5.95 Å². The highest BCUT2D eigenvalue weighted by molar-refractivity contribution is 7.14. The quantitative estimate of drug-likeness (QED) is 0.301. The van der Waals surface area contributed by atoms with Crippen LogP contribution in [0.3, 0.4) is 0 Å². The fourth-order valence-corrected chi connectivity index (χ4v) is 5.99. The molecule has 2 aliphatic heterocycles. The maximum Gasteiger partial charge on any atom is 0.321 e. The van der Waals surface area contributed by atoms with Crippen molar-refractivity contribution in [3.8, 4) is 0 Å². The molecule has 2 saturated heterocycles. The number of amides is 3. The van der Waals surface area contributed by atoms with Crippen LogP contribution in [0, 0.1) is 5.95 Å². The van der Waals surface area contributed by atoms with E-state index in [2.05, 4.69) is 20.5 Å². The molecule has 0 spiro atoms. The molecular formula is C29H30FN7O3S. The van der Waals surface area contributed by atoms with Crippen LogP contribution in [0.25, 0.3) is 0 Å². The number of benzene rings is 1. The predicted octanol–water partition coefficient (Wildman–Crippen LogP) is 4.98. The first-order valence-electron chi connectivity index (χ1n) is 13.6.